The van der Waals surface area contributed by atoms with E-state index in [4.69, 9.17) is 0 Å². The number of nitrogens with one attached hydrogen (secondary N) is 3. The minimum atomic E-state index is -0.728. The summed E-state index contributed by atoms with van der Waals surface area (Å²) >= 11 is 0. The predicted octanol–water partition coefficient (Wildman–Crippen LogP) is 2.03. The Bertz CT molecular complexity index is 940. The van der Waals surface area contributed by atoms with Crippen LogP contribution in [0.25, 0.3) is 11.4 Å². The maximum atomic E-state index is 12.4. The van der Waals surface area contributed by atoms with Crippen molar-refractivity contribution >= 4 is 23.3 Å². The van der Waals surface area contributed by atoms with Gasteiger partial charge < -0.3 is 16.0 Å². The molecular formula is C18H19N7O2. The van der Waals surface area contributed by atoms with Crippen LogP contribution in [0, 0.1) is 0 Å². The summed E-state index contributed by atoms with van der Waals surface area (Å²) in [6.45, 7) is 1.61. The standard InChI is InChI=1S/C18H19N7O2/c1-12(19-18(27)21-14-8-4-3-5-9-14)17(26)20-15-10-6-7-13(11-15)16-22-23-24-25(16)2/h3-12H,1-2H3,(H,20,26)(H2,19,21,27). The van der Waals surface area contributed by atoms with Gasteiger partial charge in [0.2, 0.25) is 5.91 Å². The summed E-state index contributed by atoms with van der Waals surface area (Å²) in [4.78, 5) is 24.4. The number of rotatable bonds is 5. The van der Waals surface area contributed by atoms with Crippen LogP contribution in [-0.4, -0.2) is 38.2 Å². The Balaban J connectivity index is 1.60. The lowest BCUT2D eigenvalue weighted by molar-refractivity contribution is -0.117. The van der Waals surface area contributed by atoms with E-state index >= 15 is 0 Å². The fourth-order valence-corrected chi connectivity index (χ4v) is 2.41. The molecule has 0 spiro atoms. The summed E-state index contributed by atoms with van der Waals surface area (Å²) in [7, 11) is 1.73. The van der Waals surface area contributed by atoms with Crippen LogP contribution in [0.5, 0.6) is 0 Å². The van der Waals surface area contributed by atoms with Gasteiger partial charge in [-0.25, -0.2) is 9.48 Å². The van der Waals surface area contributed by atoms with Gasteiger partial charge in [-0.05, 0) is 41.6 Å². The van der Waals surface area contributed by atoms with Gasteiger partial charge in [-0.15, -0.1) is 5.10 Å². The van der Waals surface area contributed by atoms with Crippen molar-refractivity contribution in [2.24, 2.45) is 7.05 Å². The first-order chi connectivity index (χ1) is 13.0. The van der Waals surface area contributed by atoms with Crippen LogP contribution in [0.4, 0.5) is 16.2 Å². The van der Waals surface area contributed by atoms with E-state index in [0.717, 1.165) is 5.56 Å². The molecule has 3 rings (SSSR count). The fraction of sp³-hybridized carbons (Fsp3) is 0.167. The summed E-state index contributed by atoms with van der Waals surface area (Å²) in [5, 5.41) is 19.4. The largest absolute Gasteiger partial charge is 0.326 e. The molecule has 0 aliphatic rings. The van der Waals surface area contributed by atoms with Gasteiger partial charge in [-0.2, -0.15) is 0 Å². The van der Waals surface area contributed by atoms with E-state index in [0.29, 0.717) is 17.2 Å². The lowest BCUT2D eigenvalue weighted by Gasteiger charge is -2.15. The molecule has 27 heavy (non-hydrogen) atoms. The Morgan fingerprint density at radius 1 is 1.00 bits per heavy atom. The fourth-order valence-electron chi connectivity index (χ4n) is 2.41. The third-order valence-corrected chi connectivity index (χ3v) is 3.78. The van der Waals surface area contributed by atoms with Crippen molar-refractivity contribution in [3.05, 3.63) is 54.6 Å². The molecule has 138 valence electrons. The van der Waals surface area contributed by atoms with E-state index in [2.05, 4.69) is 31.5 Å². The molecule has 0 saturated carbocycles. The summed E-state index contributed by atoms with van der Waals surface area (Å²) in [6.07, 6.45) is 0. The first kappa shape index (κ1) is 18.1. The Kier molecular flexibility index (Phi) is 5.41. The first-order valence-electron chi connectivity index (χ1n) is 8.29. The minimum Gasteiger partial charge on any atom is -0.326 e. The van der Waals surface area contributed by atoms with Crippen LogP contribution in [-0.2, 0) is 11.8 Å². The van der Waals surface area contributed by atoms with Gasteiger partial charge in [0.25, 0.3) is 0 Å². The average molecular weight is 365 g/mol. The SMILES string of the molecule is CC(NC(=O)Nc1ccccc1)C(=O)Nc1cccc(-c2nnnn2C)c1. The van der Waals surface area contributed by atoms with E-state index < -0.39 is 12.1 Å². The predicted molar refractivity (Wildman–Crippen MR) is 101 cm³/mol. The van der Waals surface area contributed by atoms with Crippen molar-refractivity contribution < 1.29 is 9.59 Å². The van der Waals surface area contributed by atoms with Crippen LogP contribution in [0.2, 0.25) is 0 Å². The van der Waals surface area contributed by atoms with Crippen LogP contribution >= 0.6 is 0 Å². The molecule has 0 aliphatic heterocycles. The molecule has 0 fully saturated rings. The number of hydrogen-bond donors (Lipinski definition) is 3. The Morgan fingerprint density at radius 3 is 2.44 bits per heavy atom. The molecule has 9 heteroatoms. The van der Waals surface area contributed by atoms with E-state index in [-0.39, 0.29) is 5.91 Å². The number of urea groups is 1. The molecule has 9 nitrogen and oxygen atoms in total. The normalized spacial score (nSPS) is 11.5. The highest BCUT2D eigenvalue weighted by Crippen LogP contribution is 2.19. The summed E-state index contributed by atoms with van der Waals surface area (Å²) < 4.78 is 1.54. The highest BCUT2D eigenvalue weighted by molar-refractivity contribution is 5.99. The zero-order chi connectivity index (χ0) is 19.2. The Labute approximate surface area is 155 Å². The van der Waals surface area contributed by atoms with Crippen molar-refractivity contribution in [1.82, 2.24) is 25.5 Å². The topological polar surface area (TPSA) is 114 Å². The number of anilines is 2. The number of tetrazole rings is 1. The van der Waals surface area contributed by atoms with Crippen LogP contribution in [0.1, 0.15) is 6.92 Å². The quantitative estimate of drug-likeness (QED) is 0.640. The van der Waals surface area contributed by atoms with Gasteiger partial charge in [0.15, 0.2) is 5.82 Å². The third-order valence-electron chi connectivity index (χ3n) is 3.78. The molecule has 0 aliphatic carbocycles. The molecule has 3 N–H and O–H groups in total. The van der Waals surface area contributed by atoms with Crippen LogP contribution in [0.3, 0.4) is 0 Å². The van der Waals surface area contributed by atoms with Gasteiger partial charge in [-0.3, -0.25) is 4.79 Å². The first-order valence-corrected chi connectivity index (χ1v) is 8.29. The lowest BCUT2D eigenvalue weighted by Crippen LogP contribution is -2.43. The summed E-state index contributed by atoms with van der Waals surface area (Å²) in [6, 6.07) is 15.0. The Morgan fingerprint density at radius 2 is 1.74 bits per heavy atom. The van der Waals surface area contributed by atoms with E-state index in [1.807, 2.05) is 24.3 Å². The van der Waals surface area contributed by atoms with E-state index in [1.54, 1.807) is 49.0 Å². The number of carbonyl (C=O) groups excluding carboxylic acids is 2. The van der Waals surface area contributed by atoms with Gasteiger partial charge in [0.1, 0.15) is 6.04 Å². The molecule has 1 atom stereocenters. The number of aromatic nitrogens is 4. The van der Waals surface area contributed by atoms with Gasteiger partial charge in [0.05, 0.1) is 0 Å². The van der Waals surface area contributed by atoms with Crippen LogP contribution in [0.15, 0.2) is 54.6 Å². The number of benzene rings is 2. The number of aryl methyl sites for hydroxylation is 1. The maximum absolute atomic E-state index is 12.4. The molecule has 0 radical (unpaired) electrons. The molecule has 3 amide bonds. The lowest BCUT2D eigenvalue weighted by atomic mass is 10.2. The van der Waals surface area contributed by atoms with Crippen molar-refractivity contribution in [2.45, 2.75) is 13.0 Å². The average Bonchev–Trinajstić information content (AvgIpc) is 3.08. The molecular weight excluding hydrogens is 346 g/mol. The summed E-state index contributed by atoms with van der Waals surface area (Å²) in [5.74, 6) is 0.242. The van der Waals surface area contributed by atoms with Crippen molar-refractivity contribution in [1.29, 1.82) is 0 Å². The highest BCUT2D eigenvalue weighted by Gasteiger charge is 2.16. The second-order valence-electron chi connectivity index (χ2n) is 5.88. The van der Waals surface area contributed by atoms with Gasteiger partial charge in [0, 0.05) is 24.0 Å². The number of para-hydroxylation sites is 1. The molecule has 1 aromatic heterocycles. The molecule has 1 unspecified atom stereocenters. The van der Waals surface area contributed by atoms with Crippen molar-refractivity contribution in [3.8, 4) is 11.4 Å². The number of amides is 3. The van der Waals surface area contributed by atoms with E-state index in [1.165, 1.54) is 0 Å². The van der Waals surface area contributed by atoms with Crippen molar-refractivity contribution in [2.75, 3.05) is 10.6 Å². The molecule has 2 aromatic carbocycles. The second-order valence-corrected chi connectivity index (χ2v) is 5.88. The van der Waals surface area contributed by atoms with E-state index in [9.17, 15) is 9.59 Å². The zero-order valence-electron chi connectivity index (χ0n) is 14.9. The Hall–Kier alpha value is -3.75. The molecule has 1 heterocycles. The monoisotopic (exact) mass is 365 g/mol. The number of nitrogens with zero attached hydrogens (tertiary/aromatic N) is 4. The molecule has 0 saturated heterocycles. The van der Waals surface area contributed by atoms with Crippen LogP contribution < -0.4 is 16.0 Å². The van der Waals surface area contributed by atoms with Crippen molar-refractivity contribution in [3.63, 3.8) is 0 Å². The molecule has 0 bridgehead atoms. The maximum Gasteiger partial charge on any atom is 0.319 e. The molecule has 3 aromatic rings. The third kappa shape index (κ3) is 4.66. The highest BCUT2D eigenvalue weighted by atomic mass is 16.2. The van der Waals surface area contributed by atoms with Gasteiger partial charge >= 0.3 is 6.03 Å². The summed E-state index contributed by atoms with van der Waals surface area (Å²) in [5.41, 5.74) is 1.99. The number of carbonyl (C=O) groups is 2. The smallest absolute Gasteiger partial charge is 0.319 e. The van der Waals surface area contributed by atoms with Gasteiger partial charge in [-0.1, -0.05) is 30.3 Å². The minimum absolute atomic E-state index is 0.341. The zero-order valence-corrected chi connectivity index (χ0v) is 14.9. The number of hydrogen-bond acceptors (Lipinski definition) is 5. The second kappa shape index (κ2) is 8.09.